The van der Waals surface area contributed by atoms with E-state index in [0.717, 1.165) is 9.87 Å². The zero-order valence-corrected chi connectivity index (χ0v) is 16.5. The van der Waals surface area contributed by atoms with E-state index in [9.17, 15) is 13.2 Å². The minimum atomic E-state index is -4.13. The van der Waals surface area contributed by atoms with E-state index in [1.807, 2.05) is 13.0 Å². The summed E-state index contributed by atoms with van der Waals surface area (Å²) in [5.74, 6) is -0.612. The third kappa shape index (κ3) is 3.89. The van der Waals surface area contributed by atoms with E-state index in [4.69, 9.17) is 11.6 Å². The van der Waals surface area contributed by atoms with Gasteiger partial charge in [-0.05, 0) is 67.4 Å². The maximum absolute atomic E-state index is 13.4. The Morgan fingerprint density at radius 3 is 2.15 bits per heavy atom. The van der Waals surface area contributed by atoms with Gasteiger partial charge in [-0.2, -0.15) is 4.31 Å². The van der Waals surface area contributed by atoms with Gasteiger partial charge in [0.15, 0.2) is 0 Å². The molecule has 0 aliphatic heterocycles. The average molecular weight is 400 g/mol. The monoisotopic (exact) mass is 399 g/mol. The van der Waals surface area contributed by atoms with Crippen LogP contribution in [-0.2, 0) is 10.0 Å². The van der Waals surface area contributed by atoms with Crippen molar-refractivity contribution in [1.29, 1.82) is 0 Å². The van der Waals surface area contributed by atoms with Gasteiger partial charge in [0.1, 0.15) is 0 Å². The van der Waals surface area contributed by atoms with E-state index in [1.165, 1.54) is 24.3 Å². The number of rotatable bonds is 4. The molecule has 0 saturated heterocycles. The fourth-order valence-electron chi connectivity index (χ4n) is 2.70. The number of hydrogen-bond donors (Lipinski definition) is 0. The van der Waals surface area contributed by atoms with Gasteiger partial charge >= 0.3 is 0 Å². The Labute approximate surface area is 164 Å². The van der Waals surface area contributed by atoms with Gasteiger partial charge in [0, 0.05) is 10.6 Å². The van der Waals surface area contributed by atoms with Gasteiger partial charge in [-0.1, -0.05) is 41.9 Å². The van der Waals surface area contributed by atoms with Crippen molar-refractivity contribution in [2.75, 3.05) is 4.31 Å². The number of benzene rings is 3. The smallest absolute Gasteiger partial charge is 0.268 e. The molecule has 0 bridgehead atoms. The summed E-state index contributed by atoms with van der Waals surface area (Å²) >= 11 is 5.89. The van der Waals surface area contributed by atoms with E-state index in [2.05, 4.69) is 0 Å². The van der Waals surface area contributed by atoms with E-state index >= 15 is 0 Å². The quantitative estimate of drug-likeness (QED) is 0.620. The topological polar surface area (TPSA) is 54.5 Å². The number of carbonyl (C=O) groups is 1. The molecule has 0 aliphatic rings. The summed E-state index contributed by atoms with van der Waals surface area (Å²) in [4.78, 5) is 13.2. The minimum absolute atomic E-state index is 0.00270. The second-order valence-corrected chi connectivity index (χ2v) is 8.41. The molecule has 0 aliphatic carbocycles. The highest BCUT2D eigenvalue weighted by atomic mass is 35.5. The number of hydrogen-bond acceptors (Lipinski definition) is 3. The maximum Gasteiger partial charge on any atom is 0.272 e. The van der Waals surface area contributed by atoms with Crippen LogP contribution in [0.3, 0.4) is 0 Å². The number of aryl methyl sites for hydroxylation is 2. The maximum atomic E-state index is 13.4. The Morgan fingerprint density at radius 2 is 1.52 bits per heavy atom. The van der Waals surface area contributed by atoms with Gasteiger partial charge in [-0.3, -0.25) is 4.79 Å². The lowest BCUT2D eigenvalue weighted by atomic mass is 10.1. The largest absolute Gasteiger partial charge is 0.272 e. The van der Waals surface area contributed by atoms with Crippen molar-refractivity contribution in [3.05, 3.63) is 94.5 Å². The Bertz CT molecular complexity index is 1080. The number of nitrogens with zero attached hydrogens (tertiary/aromatic N) is 1. The molecule has 0 aromatic heterocycles. The van der Waals surface area contributed by atoms with Crippen molar-refractivity contribution >= 4 is 33.2 Å². The van der Waals surface area contributed by atoms with Gasteiger partial charge < -0.3 is 0 Å². The average Bonchev–Trinajstić information content (AvgIpc) is 2.65. The summed E-state index contributed by atoms with van der Waals surface area (Å²) < 4.78 is 27.6. The van der Waals surface area contributed by atoms with Crippen molar-refractivity contribution < 1.29 is 13.2 Å². The molecule has 27 heavy (non-hydrogen) atoms. The zero-order chi connectivity index (χ0) is 19.6. The zero-order valence-electron chi connectivity index (χ0n) is 14.9. The molecule has 3 rings (SSSR count). The third-order valence-electron chi connectivity index (χ3n) is 4.14. The molecule has 0 radical (unpaired) electrons. The number of sulfonamides is 1. The molecule has 0 fully saturated rings. The summed E-state index contributed by atoms with van der Waals surface area (Å²) in [7, 11) is -4.13. The predicted molar refractivity (Wildman–Crippen MR) is 108 cm³/mol. The van der Waals surface area contributed by atoms with Crippen molar-refractivity contribution in [1.82, 2.24) is 0 Å². The molecule has 0 saturated carbocycles. The van der Waals surface area contributed by atoms with Crippen LogP contribution in [0.1, 0.15) is 21.5 Å². The van der Waals surface area contributed by atoms with Gasteiger partial charge in [-0.25, -0.2) is 8.42 Å². The molecule has 0 atom stereocenters. The standard InChI is InChI=1S/C21H18ClNO3S/c1-15-8-9-16(2)20(14-15)23(21(24)17-6-4-3-5-7-17)27(25,26)19-12-10-18(22)11-13-19/h3-14H,1-2H3. The van der Waals surface area contributed by atoms with Gasteiger partial charge in [0.25, 0.3) is 15.9 Å². The molecule has 0 heterocycles. The van der Waals surface area contributed by atoms with Crippen LogP contribution < -0.4 is 4.31 Å². The molecule has 1 amide bonds. The van der Waals surface area contributed by atoms with Gasteiger partial charge in [0.05, 0.1) is 10.6 Å². The van der Waals surface area contributed by atoms with Crippen LogP contribution in [0.25, 0.3) is 0 Å². The van der Waals surface area contributed by atoms with Crippen molar-refractivity contribution in [2.24, 2.45) is 0 Å². The second kappa shape index (κ2) is 7.55. The van der Waals surface area contributed by atoms with Crippen LogP contribution in [0.15, 0.2) is 77.7 Å². The van der Waals surface area contributed by atoms with Crippen LogP contribution in [0.5, 0.6) is 0 Å². The van der Waals surface area contributed by atoms with Crippen LogP contribution in [0.2, 0.25) is 5.02 Å². The van der Waals surface area contributed by atoms with Gasteiger partial charge in [0.2, 0.25) is 0 Å². The van der Waals surface area contributed by atoms with Crippen molar-refractivity contribution in [2.45, 2.75) is 18.7 Å². The van der Waals surface area contributed by atoms with E-state index in [1.54, 1.807) is 49.4 Å². The minimum Gasteiger partial charge on any atom is -0.268 e. The van der Waals surface area contributed by atoms with E-state index in [0.29, 0.717) is 16.3 Å². The molecule has 0 unspecified atom stereocenters. The first kappa shape index (κ1) is 19.1. The molecule has 0 spiro atoms. The third-order valence-corrected chi connectivity index (χ3v) is 6.10. The van der Waals surface area contributed by atoms with Crippen molar-refractivity contribution in [3.8, 4) is 0 Å². The number of halogens is 1. The first-order chi connectivity index (χ1) is 12.8. The Morgan fingerprint density at radius 1 is 0.889 bits per heavy atom. The molecule has 3 aromatic rings. The first-order valence-corrected chi connectivity index (χ1v) is 10.1. The molecule has 0 N–H and O–H groups in total. The lowest BCUT2D eigenvalue weighted by Gasteiger charge is -2.25. The fraction of sp³-hybridized carbons (Fsp3) is 0.0952. The molecule has 138 valence electrons. The lowest BCUT2D eigenvalue weighted by molar-refractivity contribution is 0.100. The summed E-state index contributed by atoms with van der Waals surface area (Å²) in [5.41, 5.74) is 2.16. The van der Waals surface area contributed by atoms with Crippen LogP contribution in [-0.4, -0.2) is 14.3 Å². The lowest BCUT2D eigenvalue weighted by Crippen LogP contribution is -2.37. The van der Waals surface area contributed by atoms with Crippen LogP contribution in [0.4, 0.5) is 5.69 Å². The highest BCUT2D eigenvalue weighted by Crippen LogP contribution is 2.30. The highest BCUT2D eigenvalue weighted by molar-refractivity contribution is 7.93. The molecule has 4 nitrogen and oxygen atoms in total. The van der Waals surface area contributed by atoms with Crippen LogP contribution in [0, 0.1) is 13.8 Å². The molecular weight excluding hydrogens is 382 g/mol. The normalized spacial score (nSPS) is 11.2. The summed E-state index contributed by atoms with van der Waals surface area (Å²) in [6.07, 6.45) is 0. The molecule has 3 aromatic carbocycles. The SMILES string of the molecule is Cc1ccc(C)c(N(C(=O)c2ccccc2)S(=O)(=O)c2ccc(Cl)cc2)c1. The van der Waals surface area contributed by atoms with E-state index in [-0.39, 0.29) is 10.5 Å². The van der Waals surface area contributed by atoms with Crippen molar-refractivity contribution in [3.63, 3.8) is 0 Å². The van der Waals surface area contributed by atoms with Crippen LogP contribution >= 0.6 is 11.6 Å². The summed E-state index contributed by atoms with van der Waals surface area (Å²) in [6, 6.07) is 19.5. The fourth-order valence-corrected chi connectivity index (χ4v) is 4.29. The first-order valence-electron chi connectivity index (χ1n) is 8.28. The Hall–Kier alpha value is -2.63. The predicted octanol–water partition coefficient (Wildman–Crippen LogP) is 4.99. The summed E-state index contributed by atoms with van der Waals surface area (Å²) in [5, 5.41) is 0.418. The Kier molecular flexibility index (Phi) is 5.35. The number of anilines is 1. The second-order valence-electron chi connectivity index (χ2n) is 6.18. The number of amides is 1. The Balaban J connectivity index is 2.23. The van der Waals surface area contributed by atoms with E-state index < -0.39 is 15.9 Å². The number of carbonyl (C=O) groups excluding carboxylic acids is 1. The highest BCUT2D eigenvalue weighted by Gasteiger charge is 2.32. The summed E-state index contributed by atoms with van der Waals surface area (Å²) in [6.45, 7) is 3.63. The molecular formula is C21H18ClNO3S. The van der Waals surface area contributed by atoms with Gasteiger partial charge in [-0.15, -0.1) is 0 Å². The molecule has 6 heteroatoms.